The van der Waals surface area contributed by atoms with E-state index in [0.29, 0.717) is 12.0 Å². The van der Waals surface area contributed by atoms with Crippen LogP contribution >= 0.6 is 0 Å². The molecule has 2 rings (SSSR count). The Kier molecular flexibility index (Phi) is 1.31. The molecular weight excluding hydrogens is 148 g/mol. The van der Waals surface area contributed by atoms with Crippen LogP contribution in [0.2, 0.25) is 0 Å². The molecule has 0 radical (unpaired) electrons. The van der Waals surface area contributed by atoms with Crippen molar-refractivity contribution in [1.29, 1.82) is 0 Å². The Balaban J connectivity index is 2.45. The van der Waals surface area contributed by atoms with Gasteiger partial charge in [0.15, 0.2) is 0 Å². The standard InChI is InChI=1S/C10H16N2/c1-5-7-6-8-9(2,3)10(7,4)12-11-8/h5,7-8H,1,6H2,2-4H3/t7-,8+,10-/m0/s1. The highest BCUT2D eigenvalue weighted by atomic mass is 15.3. The molecule has 0 amide bonds. The van der Waals surface area contributed by atoms with Gasteiger partial charge in [0.1, 0.15) is 0 Å². The molecule has 0 unspecified atom stereocenters. The van der Waals surface area contributed by atoms with Crippen molar-refractivity contribution in [3.63, 3.8) is 0 Å². The van der Waals surface area contributed by atoms with Crippen LogP contribution in [0.1, 0.15) is 27.2 Å². The molecule has 1 aliphatic carbocycles. The molecule has 0 aromatic rings. The predicted molar refractivity (Wildman–Crippen MR) is 49.1 cm³/mol. The maximum Gasteiger partial charge on any atom is 0.0922 e. The van der Waals surface area contributed by atoms with Crippen molar-refractivity contribution >= 4 is 0 Å². The monoisotopic (exact) mass is 164 g/mol. The lowest BCUT2D eigenvalue weighted by molar-refractivity contribution is 0.226. The van der Waals surface area contributed by atoms with Gasteiger partial charge in [0.05, 0.1) is 11.6 Å². The van der Waals surface area contributed by atoms with Crippen LogP contribution in [0.15, 0.2) is 22.9 Å². The zero-order valence-corrected chi connectivity index (χ0v) is 8.04. The molecule has 3 atom stereocenters. The Morgan fingerprint density at radius 1 is 1.42 bits per heavy atom. The number of rotatable bonds is 1. The van der Waals surface area contributed by atoms with Crippen LogP contribution in [-0.4, -0.2) is 11.6 Å². The summed E-state index contributed by atoms with van der Waals surface area (Å²) in [6.45, 7) is 10.6. The van der Waals surface area contributed by atoms with Gasteiger partial charge >= 0.3 is 0 Å². The number of nitrogens with zero attached hydrogens (tertiary/aromatic N) is 2. The summed E-state index contributed by atoms with van der Waals surface area (Å²) in [6.07, 6.45) is 3.18. The first-order valence-corrected chi connectivity index (χ1v) is 4.57. The molecule has 12 heavy (non-hydrogen) atoms. The van der Waals surface area contributed by atoms with Crippen LogP contribution in [0.3, 0.4) is 0 Å². The van der Waals surface area contributed by atoms with E-state index in [0.717, 1.165) is 6.42 Å². The quantitative estimate of drug-likeness (QED) is 0.532. The number of fused-ring (bicyclic) bond motifs is 2. The molecule has 0 saturated heterocycles. The molecule has 1 aliphatic heterocycles. The van der Waals surface area contributed by atoms with Crippen LogP contribution in [0.4, 0.5) is 0 Å². The van der Waals surface area contributed by atoms with Crippen molar-refractivity contribution in [2.24, 2.45) is 21.6 Å². The van der Waals surface area contributed by atoms with Gasteiger partial charge in [0.25, 0.3) is 0 Å². The minimum Gasteiger partial charge on any atom is -0.190 e. The first kappa shape index (κ1) is 7.96. The van der Waals surface area contributed by atoms with E-state index in [9.17, 15) is 0 Å². The SMILES string of the molecule is C=C[C@H]1C[C@H]2N=N[C@]1(C)C2(C)C. The summed E-state index contributed by atoms with van der Waals surface area (Å²) >= 11 is 0. The van der Waals surface area contributed by atoms with Crippen molar-refractivity contribution < 1.29 is 0 Å². The lowest BCUT2D eigenvalue weighted by atomic mass is 9.73. The van der Waals surface area contributed by atoms with Crippen LogP contribution in [0.25, 0.3) is 0 Å². The number of hydrogen-bond acceptors (Lipinski definition) is 2. The Labute approximate surface area is 73.8 Å². The summed E-state index contributed by atoms with van der Waals surface area (Å²) in [5.41, 5.74) is 0.241. The fraction of sp³-hybridized carbons (Fsp3) is 0.800. The van der Waals surface area contributed by atoms with Gasteiger partial charge in [-0.25, -0.2) is 0 Å². The fourth-order valence-corrected chi connectivity index (χ4v) is 2.49. The van der Waals surface area contributed by atoms with Crippen molar-refractivity contribution in [2.75, 3.05) is 0 Å². The molecule has 0 N–H and O–H groups in total. The van der Waals surface area contributed by atoms with Crippen molar-refractivity contribution in [3.8, 4) is 0 Å². The van der Waals surface area contributed by atoms with Crippen molar-refractivity contribution in [2.45, 2.75) is 38.8 Å². The largest absolute Gasteiger partial charge is 0.190 e. The van der Waals surface area contributed by atoms with E-state index >= 15 is 0 Å². The molecule has 1 heterocycles. The summed E-state index contributed by atoms with van der Waals surface area (Å²) < 4.78 is 0. The summed E-state index contributed by atoms with van der Waals surface area (Å²) in [5, 5.41) is 8.70. The second-order valence-electron chi connectivity index (χ2n) is 4.68. The minimum atomic E-state index is 0.0133. The highest BCUT2D eigenvalue weighted by Gasteiger charge is 2.61. The molecule has 0 aromatic carbocycles. The van der Waals surface area contributed by atoms with Crippen LogP contribution in [0, 0.1) is 11.3 Å². The first-order valence-electron chi connectivity index (χ1n) is 4.57. The van der Waals surface area contributed by atoms with Crippen molar-refractivity contribution in [3.05, 3.63) is 12.7 Å². The van der Waals surface area contributed by atoms with Gasteiger partial charge < -0.3 is 0 Å². The van der Waals surface area contributed by atoms with Gasteiger partial charge in [-0.2, -0.15) is 10.2 Å². The van der Waals surface area contributed by atoms with E-state index in [1.54, 1.807) is 0 Å². The maximum atomic E-state index is 4.39. The fourth-order valence-electron chi connectivity index (χ4n) is 2.49. The highest BCUT2D eigenvalue weighted by molar-refractivity contribution is 5.20. The third-order valence-corrected chi connectivity index (χ3v) is 4.03. The Bertz CT molecular complexity index is 255. The molecule has 0 spiro atoms. The molecule has 2 heteroatoms. The normalized spacial score (nSPS) is 48.2. The van der Waals surface area contributed by atoms with E-state index in [1.165, 1.54) is 0 Å². The molecule has 2 aliphatic rings. The average Bonchev–Trinajstić information content (AvgIpc) is 2.34. The van der Waals surface area contributed by atoms with Crippen LogP contribution < -0.4 is 0 Å². The summed E-state index contributed by atoms with van der Waals surface area (Å²) in [6, 6.07) is 0.422. The smallest absolute Gasteiger partial charge is 0.0922 e. The molecule has 1 saturated carbocycles. The molecule has 2 bridgehead atoms. The van der Waals surface area contributed by atoms with Gasteiger partial charge in [-0.15, -0.1) is 6.58 Å². The molecule has 2 nitrogen and oxygen atoms in total. The number of hydrogen-bond donors (Lipinski definition) is 0. The third-order valence-electron chi connectivity index (χ3n) is 4.03. The molecule has 66 valence electrons. The highest BCUT2D eigenvalue weighted by Crippen LogP contribution is 2.57. The lowest BCUT2D eigenvalue weighted by Gasteiger charge is -2.33. The van der Waals surface area contributed by atoms with E-state index in [1.807, 2.05) is 6.08 Å². The average molecular weight is 164 g/mol. The van der Waals surface area contributed by atoms with E-state index in [2.05, 4.69) is 37.6 Å². The first-order chi connectivity index (χ1) is 5.52. The summed E-state index contributed by atoms with van der Waals surface area (Å²) in [5.74, 6) is 0.523. The van der Waals surface area contributed by atoms with E-state index in [4.69, 9.17) is 0 Å². The second kappa shape index (κ2) is 1.98. The van der Waals surface area contributed by atoms with Gasteiger partial charge in [0.2, 0.25) is 0 Å². The Morgan fingerprint density at radius 3 is 2.33 bits per heavy atom. The zero-order chi connectivity index (χ0) is 8.98. The Hall–Kier alpha value is -0.660. The third kappa shape index (κ3) is 0.621. The summed E-state index contributed by atoms with van der Waals surface area (Å²) in [4.78, 5) is 0. The van der Waals surface area contributed by atoms with E-state index in [-0.39, 0.29) is 11.0 Å². The van der Waals surface area contributed by atoms with Gasteiger partial charge in [-0.1, -0.05) is 19.9 Å². The van der Waals surface area contributed by atoms with Gasteiger partial charge in [-0.05, 0) is 13.3 Å². The Morgan fingerprint density at radius 2 is 2.08 bits per heavy atom. The minimum absolute atomic E-state index is 0.0133. The van der Waals surface area contributed by atoms with Crippen molar-refractivity contribution in [1.82, 2.24) is 0 Å². The topological polar surface area (TPSA) is 24.7 Å². The zero-order valence-electron chi connectivity index (χ0n) is 8.04. The molecule has 0 aromatic heterocycles. The predicted octanol–water partition coefficient (Wildman–Crippen LogP) is 2.81. The van der Waals surface area contributed by atoms with E-state index < -0.39 is 0 Å². The van der Waals surface area contributed by atoms with Gasteiger partial charge in [-0.3, -0.25) is 0 Å². The van der Waals surface area contributed by atoms with Crippen LogP contribution in [0.5, 0.6) is 0 Å². The van der Waals surface area contributed by atoms with Crippen LogP contribution in [-0.2, 0) is 0 Å². The molecular formula is C10H16N2. The lowest BCUT2D eigenvalue weighted by Crippen LogP contribution is -2.39. The second-order valence-corrected chi connectivity index (χ2v) is 4.68. The molecule has 1 fully saturated rings. The summed E-state index contributed by atoms with van der Waals surface area (Å²) in [7, 11) is 0. The van der Waals surface area contributed by atoms with Gasteiger partial charge in [0, 0.05) is 11.3 Å². The number of azo groups is 1. The maximum absolute atomic E-state index is 4.39.